The second kappa shape index (κ2) is 5.19. The Morgan fingerprint density at radius 2 is 2.06 bits per heavy atom. The Kier molecular flexibility index (Phi) is 3.84. The molecule has 0 aliphatic heterocycles. The predicted octanol–water partition coefficient (Wildman–Crippen LogP) is 4.69. The number of halogens is 2. The van der Waals surface area contributed by atoms with Gasteiger partial charge in [-0.15, -0.1) is 0 Å². The van der Waals surface area contributed by atoms with Crippen molar-refractivity contribution in [2.24, 2.45) is 0 Å². The van der Waals surface area contributed by atoms with Crippen LogP contribution in [-0.4, -0.2) is 7.11 Å². The Hall–Kier alpha value is -0.870. The molecule has 90 valence electrons. The molecule has 0 bridgehead atoms. The highest BCUT2D eigenvalue weighted by molar-refractivity contribution is 9.09. The van der Waals surface area contributed by atoms with Gasteiger partial charge in [-0.1, -0.05) is 22.0 Å². The van der Waals surface area contributed by atoms with E-state index in [4.69, 9.17) is 4.74 Å². The Labute approximate surface area is 112 Å². The average Bonchev–Trinajstić information content (AvgIpc) is 2.74. The first-order valence-corrected chi connectivity index (χ1v) is 6.99. The van der Waals surface area contributed by atoms with Gasteiger partial charge in [0.25, 0.3) is 0 Å². The van der Waals surface area contributed by atoms with Crippen LogP contribution in [0.2, 0.25) is 0 Å². The van der Waals surface area contributed by atoms with Crippen LogP contribution >= 0.6 is 27.3 Å². The van der Waals surface area contributed by atoms with E-state index in [1.165, 1.54) is 18.7 Å². The monoisotopic (exact) mass is 314 g/mol. The second-order valence-corrected chi connectivity index (χ2v) is 5.42. The van der Waals surface area contributed by atoms with Crippen LogP contribution in [0.25, 0.3) is 0 Å². The van der Waals surface area contributed by atoms with Crippen LogP contribution in [0.5, 0.6) is 5.75 Å². The fourth-order valence-electron chi connectivity index (χ4n) is 1.64. The normalized spacial score (nSPS) is 12.5. The Morgan fingerprint density at radius 1 is 1.29 bits per heavy atom. The van der Waals surface area contributed by atoms with Crippen LogP contribution in [0.15, 0.2) is 29.0 Å². The van der Waals surface area contributed by atoms with Crippen LogP contribution in [0.1, 0.15) is 21.5 Å². The van der Waals surface area contributed by atoms with Gasteiger partial charge < -0.3 is 4.74 Å². The molecule has 1 aromatic carbocycles. The molecular weight excluding hydrogens is 303 g/mol. The van der Waals surface area contributed by atoms with Gasteiger partial charge in [0, 0.05) is 11.6 Å². The maximum Gasteiger partial charge on any atom is 0.131 e. The van der Waals surface area contributed by atoms with Crippen molar-refractivity contribution in [2.75, 3.05) is 7.11 Å². The minimum Gasteiger partial charge on any atom is -0.497 e. The summed E-state index contributed by atoms with van der Waals surface area (Å²) in [5.74, 6) is 0.282. The minimum atomic E-state index is -0.253. The second-order valence-electron chi connectivity index (χ2n) is 3.76. The molecule has 0 amide bonds. The number of benzene rings is 1. The molecule has 0 saturated heterocycles. The summed E-state index contributed by atoms with van der Waals surface area (Å²) < 4.78 is 18.9. The minimum absolute atomic E-state index is 0.111. The zero-order valence-electron chi connectivity index (χ0n) is 9.54. The van der Waals surface area contributed by atoms with Gasteiger partial charge in [-0.2, -0.15) is 11.3 Å². The van der Waals surface area contributed by atoms with Gasteiger partial charge in [-0.05, 0) is 34.9 Å². The number of rotatable bonds is 3. The van der Waals surface area contributed by atoms with Crippen LogP contribution in [0, 0.1) is 12.7 Å². The van der Waals surface area contributed by atoms with E-state index in [9.17, 15) is 4.39 Å². The van der Waals surface area contributed by atoms with Gasteiger partial charge in [0.05, 0.1) is 11.9 Å². The fourth-order valence-corrected chi connectivity index (χ4v) is 3.55. The molecule has 1 unspecified atom stereocenters. The Bertz CT molecular complexity index is 524. The molecular formula is C13H12BrFOS. The lowest BCUT2D eigenvalue weighted by molar-refractivity contribution is 0.411. The molecule has 0 fully saturated rings. The van der Waals surface area contributed by atoms with Crippen molar-refractivity contribution < 1.29 is 9.13 Å². The summed E-state index contributed by atoms with van der Waals surface area (Å²) in [6.45, 7) is 2.03. The van der Waals surface area contributed by atoms with Crippen LogP contribution in [0.3, 0.4) is 0 Å². The number of hydrogen-bond donors (Lipinski definition) is 0. The van der Waals surface area contributed by atoms with Gasteiger partial charge in [0.1, 0.15) is 11.6 Å². The molecule has 0 aliphatic carbocycles. The van der Waals surface area contributed by atoms with E-state index in [-0.39, 0.29) is 10.6 Å². The van der Waals surface area contributed by atoms with Gasteiger partial charge in [-0.3, -0.25) is 0 Å². The zero-order chi connectivity index (χ0) is 12.4. The van der Waals surface area contributed by atoms with Crippen LogP contribution in [0.4, 0.5) is 4.39 Å². The third-order valence-electron chi connectivity index (χ3n) is 2.65. The number of methoxy groups -OCH3 is 1. The first kappa shape index (κ1) is 12.6. The number of ether oxygens (including phenoxy) is 1. The van der Waals surface area contributed by atoms with Crippen molar-refractivity contribution in [1.82, 2.24) is 0 Å². The molecule has 0 aliphatic rings. The van der Waals surface area contributed by atoms with Crippen molar-refractivity contribution in [3.63, 3.8) is 0 Å². The summed E-state index contributed by atoms with van der Waals surface area (Å²) in [6.07, 6.45) is 0. The van der Waals surface area contributed by atoms with E-state index >= 15 is 0 Å². The quantitative estimate of drug-likeness (QED) is 0.747. The Balaban J connectivity index is 2.38. The zero-order valence-corrected chi connectivity index (χ0v) is 11.9. The largest absolute Gasteiger partial charge is 0.497 e. The number of alkyl halides is 1. The first-order valence-electron chi connectivity index (χ1n) is 5.13. The lowest BCUT2D eigenvalue weighted by Crippen LogP contribution is -1.97. The van der Waals surface area contributed by atoms with Gasteiger partial charge in [0.15, 0.2) is 0 Å². The fraction of sp³-hybridized carbons (Fsp3) is 0.231. The smallest absolute Gasteiger partial charge is 0.131 e. The van der Waals surface area contributed by atoms with Crippen molar-refractivity contribution in [3.8, 4) is 5.75 Å². The molecule has 0 spiro atoms. The highest BCUT2D eigenvalue weighted by Gasteiger charge is 2.17. The summed E-state index contributed by atoms with van der Waals surface area (Å²) in [5, 5.41) is 4.10. The van der Waals surface area contributed by atoms with Crippen molar-refractivity contribution >= 4 is 27.3 Å². The SMILES string of the molecule is COc1ccc(C(Br)c2cscc2C)c(F)c1. The molecule has 2 aromatic rings. The summed E-state index contributed by atoms with van der Waals surface area (Å²) in [6, 6.07) is 4.93. The van der Waals surface area contributed by atoms with E-state index in [1.54, 1.807) is 23.5 Å². The van der Waals surface area contributed by atoms with E-state index in [2.05, 4.69) is 21.3 Å². The van der Waals surface area contributed by atoms with Crippen LogP contribution < -0.4 is 4.74 Å². The molecule has 17 heavy (non-hydrogen) atoms. The Morgan fingerprint density at radius 3 is 2.59 bits per heavy atom. The summed E-state index contributed by atoms with van der Waals surface area (Å²) in [5.41, 5.74) is 2.92. The molecule has 0 radical (unpaired) electrons. The molecule has 0 N–H and O–H groups in total. The first-order chi connectivity index (χ1) is 8.13. The maximum atomic E-state index is 13.9. The predicted molar refractivity (Wildman–Crippen MR) is 72.8 cm³/mol. The lowest BCUT2D eigenvalue weighted by atomic mass is 10.0. The maximum absolute atomic E-state index is 13.9. The highest BCUT2D eigenvalue weighted by Crippen LogP contribution is 2.36. The average molecular weight is 315 g/mol. The van der Waals surface area contributed by atoms with E-state index in [0.29, 0.717) is 11.3 Å². The molecule has 1 atom stereocenters. The summed E-state index contributed by atoms with van der Waals surface area (Å²) in [4.78, 5) is -0.111. The molecule has 1 heterocycles. The molecule has 2 rings (SSSR count). The van der Waals surface area contributed by atoms with Crippen molar-refractivity contribution in [2.45, 2.75) is 11.8 Å². The highest BCUT2D eigenvalue weighted by atomic mass is 79.9. The number of hydrogen-bond acceptors (Lipinski definition) is 2. The number of aryl methyl sites for hydroxylation is 1. The summed E-state index contributed by atoms with van der Waals surface area (Å²) >= 11 is 5.17. The lowest BCUT2D eigenvalue weighted by Gasteiger charge is -2.12. The third kappa shape index (κ3) is 2.53. The third-order valence-corrected chi connectivity index (χ3v) is 4.52. The number of thiophene rings is 1. The van der Waals surface area contributed by atoms with Gasteiger partial charge in [-0.25, -0.2) is 4.39 Å². The topological polar surface area (TPSA) is 9.23 Å². The summed E-state index contributed by atoms with van der Waals surface area (Å²) in [7, 11) is 1.53. The van der Waals surface area contributed by atoms with E-state index < -0.39 is 0 Å². The molecule has 4 heteroatoms. The molecule has 1 aromatic heterocycles. The van der Waals surface area contributed by atoms with Crippen molar-refractivity contribution in [3.05, 3.63) is 51.5 Å². The molecule has 1 nitrogen and oxygen atoms in total. The van der Waals surface area contributed by atoms with Crippen LogP contribution in [-0.2, 0) is 0 Å². The van der Waals surface area contributed by atoms with E-state index in [1.807, 2.05) is 12.3 Å². The standard InChI is InChI=1S/C13H12BrFOS/c1-8-6-17-7-11(8)13(14)10-4-3-9(16-2)5-12(10)15/h3-7,13H,1-2H3. The van der Waals surface area contributed by atoms with Gasteiger partial charge >= 0.3 is 0 Å². The molecule has 0 saturated carbocycles. The van der Waals surface area contributed by atoms with Crippen molar-refractivity contribution in [1.29, 1.82) is 0 Å². The van der Waals surface area contributed by atoms with Gasteiger partial charge in [0.2, 0.25) is 0 Å². The van der Waals surface area contributed by atoms with E-state index in [0.717, 1.165) is 5.56 Å².